The van der Waals surface area contributed by atoms with Crippen LogP contribution < -0.4 is 10.6 Å². The van der Waals surface area contributed by atoms with E-state index in [-0.39, 0.29) is 5.41 Å². The molecule has 0 amide bonds. The Morgan fingerprint density at radius 1 is 1.24 bits per heavy atom. The van der Waals surface area contributed by atoms with Gasteiger partial charge >= 0.3 is 0 Å². The van der Waals surface area contributed by atoms with Gasteiger partial charge in [0.2, 0.25) is 0 Å². The van der Waals surface area contributed by atoms with Crippen LogP contribution in [-0.2, 0) is 11.8 Å². The minimum atomic E-state index is 0.218. The average Bonchev–Trinajstić information content (AvgIpc) is 3.42. The van der Waals surface area contributed by atoms with Crippen LogP contribution in [0.3, 0.4) is 0 Å². The lowest BCUT2D eigenvalue weighted by molar-refractivity contribution is 0.691. The molecule has 2 N–H and O–H groups in total. The molecule has 0 atom stereocenters. The second-order valence-corrected chi connectivity index (χ2v) is 7.44. The van der Waals surface area contributed by atoms with Crippen LogP contribution in [0, 0.1) is 0 Å². The monoisotopic (exact) mass is 400 g/mol. The van der Waals surface area contributed by atoms with Crippen LogP contribution in [0.25, 0.3) is 0 Å². The number of halogens is 1. The number of nitrogens with zero attached hydrogens (tertiary/aromatic N) is 2. The van der Waals surface area contributed by atoms with E-state index in [0.29, 0.717) is 0 Å². The number of guanidine groups is 1. The zero-order valence-electron chi connectivity index (χ0n) is 14.6. The molecule has 132 valence electrons. The fourth-order valence-electron chi connectivity index (χ4n) is 2.95. The quantitative estimate of drug-likeness (QED) is 0.550. The van der Waals surface area contributed by atoms with E-state index in [1.54, 1.807) is 6.20 Å². The van der Waals surface area contributed by atoms with E-state index in [1.807, 2.05) is 12.3 Å². The van der Waals surface area contributed by atoms with Crippen LogP contribution in [0.4, 0.5) is 0 Å². The molecule has 1 saturated carbocycles. The highest BCUT2D eigenvalue weighted by molar-refractivity contribution is 9.10. The largest absolute Gasteiger partial charge is 0.357 e. The van der Waals surface area contributed by atoms with Crippen molar-refractivity contribution in [3.05, 3.63) is 64.4 Å². The van der Waals surface area contributed by atoms with E-state index >= 15 is 0 Å². The van der Waals surface area contributed by atoms with Crippen molar-refractivity contribution in [2.45, 2.75) is 31.6 Å². The van der Waals surface area contributed by atoms with E-state index in [1.165, 1.54) is 24.0 Å². The summed E-state index contributed by atoms with van der Waals surface area (Å²) in [7, 11) is 0. The van der Waals surface area contributed by atoms with Crippen molar-refractivity contribution < 1.29 is 0 Å². The molecule has 3 rings (SSSR count). The molecule has 0 unspecified atom stereocenters. The lowest BCUT2D eigenvalue weighted by Crippen LogP contribution is -2.39. The zero-order chi connectivity index (χ0) is 17.5. The Hall–Kier alpha value is -1.88. The van der Waals surface area contributed by atoms with Crippen LogP contribution in [0.15, 0.2) is 58.3 Å². The van der Waals surface area contributed by atoms with Crippen molar-refractivity contribution in [2.24, 2.45) is 4.99 Å². The van der Waals surface area contributed by atoms with Crippen molar-refractivity contribution in [2.75, 3.05) is 19.6 Å². The molecule has 1 aromatic carbocycles. The summed E-state index contributed by atoms with van der Waals surface area (Å²) in [5.74, 6) is 0.896. The summed E-state index contributed by atoms with van der Waals surface area (Å²) >= 11 is 3.58. The lowest BCUT2D eigenvalue weighted by Gasteiger charge is -2.16. The maximum absolute atomic E-state index is 4.85. The summed E-state index contributed by atoms with van der Waals surface area (Å²) in [6.07, 6.45) is 7.08. The summed E-state index contributed by atoms with van der Waals surface area (Å²) in [6, 6.07) is 12.7. The maximum atomic E-state index is 4.85. The van der Waals surface area contributed by atoms with Crippen molar-refractivity contribution in [3.63, 3.8) is 0 Å². The summed E-state index contributed by atoms with van der Waals surface area (Å²) in [6.45, 7) is 4.63. The highest BCUT2D eigenvalue weighted by Crippen LogP contribution is 2.48. The smallest absolute Gasteiger partial charge is 0.191 e. The minimum absolute atomic E-state index is 0.218. The first-order valence-corrected chi connectivity index (χ1v) is 9.68. The van der Waals surface area contributed by atoms with Gasteiger partial charge < -0.3 is 10.6 Å². The Kier molecular flexibility index (Phi) is 6.08. The minimum Gasteiger partial charge on any atom is -0.357 e. The first kappa shape index (κ1) is 17.9. The van der Waals surface area contributed by atoms with E-state index in [4.69, 9.17) is 4.99 Å². The lowest BCUT2D eigenvalue weighted by atomic mass is 9.96. The summed E-state index contributed by atoms with van der Waals surface area (Å²) in [5, 5.41) is 6.78. The first-order valence-electron chi connectivity index (χ1n) is 8.89. The first-order chi connectivity index (χ1) is 12.2. The fourth-order valence-corrected chi connectivity index (χ4v) is 3.35. The number of aliphatic imine (C=N–C) groups is 1. The predicted molar refractivity (Wildman–Crippen MR) is 107 cm³/mol. The van der Waals surface area contributed by atoms with E-state index in [2.05, 4.69) is 68.8 Å². The molecular formula is C20H25BrN4. The van der Waals surface area contributed by atoms with Gasteiger partial charge in [-0.25, -0.2) is 0 Å². The Balaban J connectivity index is 1.58. The van der Waals surface area contributed by atoms with Crippen LogP contribution in [0.5, 0.6) is 0 Å². The molecule has 1 fully saturated rings. The predicted octanol–water partition coefficient (Wildman–Crippen LogP) is 3.67. The third-order valence-corrected chi connectivity index (χ3v) is 5.10. The van der Waals surface area contributed by atoms with E-state index < -0.39 is 0 Å². The third-order valence-electron chi connectivity index (χ3n) is 4.60. The van der Waals surface area contributed by atoms with Gasteiger partial charge in [-0.2, -0.15) is 0 Å². The molecule has 0 radical (unpaired) electrons. The Labute approximate surface area is 158 Å². The highest BCUT2D eigenvalue weighted by atomic mass is 79.9. The molecule has 0 saturated heterocycles. The van der Waals surface area contributed by atoms with E-state index in [0.717, 1.165) is 36.5 Å². The molecule has 1 heterocycles. The fraction of sp³-hybridized carbons (Fsp3) is 0.400. The zero-order valence-corrected chi connectivity index (χ0v) is 16.2. The molecule has 1 aromatic heterocycles. The van der Waals surface area contributed by atoms with Gasteiger partial charge in [0.15, 0.2) is 5.96 Å². The van der Waals surface area contributed by atoms with Gasteiger partial charge in [-0.1, -0.05) is 34.1 Å². The molecule has 0 aliphatic heterocycles. The molecule has 25 heavy (non-hydrogen) atoms. The van der Waals surface area contributed by atoms with Crippen molar-refractivity contribution >= 4 is 21.9 Å². The number of hydrogen-bond acceptors (Lipinski definition) is 2. The van der Waals surface area contributed by atoms with Gasteiger partial charge in [0, 0.05) is 35.4 Å². The molecule has 5 heteroatoms. The average molecular weight is 401 g/mol. The van der Waals surface area contributed by atoms with Gasteiger partial charge in [0.05, 0.1) is 6.54 Å². The van der Waals surface area contributed by atoms with Crippen LogP contribution in [0.1, 0.15) is 30.9 Å². The second kappa shape index (κ2) is 8.48. The number of rotatable bonds is 7. The van der Waals surface area contributed by atoms with Gasteiger partial charge in [0.1, 0.15) is 0 Å². The van der Waals surface area contributed by atoms with Gasteiger partial charge in [-0.3, -0.25) is 9.98 Å². The maximum Gasteiger partial charge on any atom is 0.191 e. The van der Waals surface area contributed by atoms with Crippen molar-refractivity contribution in [3.8, 4) is 0 Å². The molecule has 2 aromatic rings. The Morgan fingerprint density at radius 3 is 2.80 bits per heavy atom. The molecule has 0 spiro atoms. The van der Waals surface area contributed by atoms with Crippen LogP contribution in [0.2, 0.25) is 0 Å². The molecule has 1 aliphatic rings. The molecule has 4 nitrogen and oxygen atoms in total. The number of nitrogens with one attached hydrogen (secondary N) is 2. The molecule has 1 aliphatic carbocycles. The van der Waals surface area contributed by atoms with Crippen molar-refractivity contribution in [1.82, 2.24) is 15.6 Å². The highest BCUT2D eigenvalue weighted by Gasteiger charge is 2.44. The van der Waals surface area contributed by atoms with Gasteiger partial charge in [-0.15, -0.1) is 0 Å². The molecule has 0 bridgehead atoms. The number of benzene rings is 1. The summed E-state index contributed by atoms with van der Waals surface area (Å²) in [5.41, 5.74) is 2.84. The van der Waals surface area contributed by atoms with Crippen LogP contribution >= 0.6 is 15.9 Å². The number of hydrogen-bond donors (Lipinski definition) is 2. The van der Waals surface area contributed by atoms with Gasteiger partial charge in [-0.05, 0) is 55.5 Å². The standard InChI is InChI=1S/C20H25BrN4/c1-2-23-19(24-12-8-16-5-4-11-22-14-16)25-15-20(9-10-20)17-6-3-7-18(21)13-17/h3-7,11,13-14H,2,8-10,12,15H2,1H3,(H2,23,24,25). The number of pyridine rings is 1. The summed E-state index contributed by atoms with van der Waals surface area (Å²) < 4.78 is 1.14. The van der Waals surface area contributed by atoms with Gasteiger partial charge in [0.25, 0.3) is 0 Å². The SMILES string of the molecule is CCNC(=NCC1(c2cccc(Br)c2)CC1)NCCc1cccnc1. The Morgan fingerprint density at radius 2 is 2.12 bits per heavy atom. The van der Waals surface area contributed by atoms with Crippen molar-refractivity contribution in [1.29, 1.82) is 0 Å². The Bertz CT molecular complexity index is 711. The molecular weight excluding hydrogens is 376 g/mol. The van der Waals surface area contributed by atoms with E-state index in [9.17, 15) is 0 Å². The topological polar surface area (TPSA) is 49.3 Å². The summed E-state index contributed by atoms with van der Waals surface area (Å²) in [4.78, 5) is 9.01. The third kappa shape index (κ3) is 5.05. The normalized spacial score (nSPS) is 15.7. The second-order valence-electron chi connectivity index (χ2n) is 6.52. The van der Waals surface area contributed by atoms with Crippen LogP contribution in [-0.4, -0.2) is 30.6 Å². The number of aromatic nitrogens is 1.